The SMILES string of the molecule is CCCNc1cc(NCC(C)CSC)nc(CCC)n1. The largest absolute Gasteiger partial charge is 0.370 e. The third-order valence-corrected chi connectivity index (χ3v) is 3.79. The predicted octanol–water partition coefficient (Wildman–Crippen LogP) is 3.66. The van der Waals surface area contributed by atoms with Gasteiger partial charge in [0, 0.05) is 25.6 Å². The van der Waals surface area contributed by atoms with Crippen LogP contribution in [0.3, 0.4) is 0 Å². The average molecular weight is 296 g/mol. The van der Waals surface area contributed by atoms with Crippen LogP contribution in [-0.4, -0.2) is 35.1 Å². The lowest BCUT2D eigenvalue weighted by molar-refractivity contribution is 0.698. The first-order valence-electron chi connectivity index (χ1n) is 7.54. The maximum Gasteiger partial charge on any atom is 0.133 e. The van der Waals surface area contributed by atoms with Gasteiger partial charge >= 0.3 is 0 Å². The Hall–Kier alpha value is -0.970. The summed E-state index contributed by atoms with van der Waals surface area (Å²) in [5.74, 6) is 4.61. The first-order valence-corrected chi connectivity index (χ1v) is 8.93. The molecule has 5 heteroatoms. The normalized spacial score (nSPS) is 12.2. The van der Waals surface area contributed by atoms with Crippen molar-refractivity contribution in [3.63, 3.8) is 0 Å². The molecule has 0 amide bonds. The van der Waals surface area contributed by atoms with Gasteiger partial charge in [-0.05, 0) is 30.8 Å². The van der Waals surface area contributed by atoms with E-state index in [0.717, 1.165) is 49.8 Å². The molecule has 1 aromatic heterocycles. The van der Waals surface area contributed by atoms with Crippen molar-refractivity contribution in [2.24, 2.45) is 5.92 Å². The maximum atomic E-state index is 4.59. The highest BCUT2D eigenvalue weighted by atomic mass is 32.2. The van der Waals surface area contributed by atoms with Crippen molar-refractivity contribution in [1.29, 1.82) is 0 Å². The molecule has 0 aliphatic heterocycles. The van der Waals surface area contributed by atoms with Crippen molar-refractivity contribution in [2.45, 2.75) is 40.0 Å². The first kappa shape index (κ1) is 17.1. The third-order valence-electron chi connectivity index (χ3n) is 2.89. The number of rotatable bonds is 10. The molecule has 0 spiro atoms. The molecule has 0 saturated carbocycles. The second-order valence-corrected chi connectivity index (χ2v) is 6.08. The highest BCUT2D eigenvalue weighted by Gasteiger charge is 2.06. The molecule has 0 radical (unpaired) electrons. The smallest absolute Gasteiger partial charge is 0.133 e. The van der Waals surface area contributed by atoms with Crippen molar-refractivity contribution in [2.75, 3.05) is 35.7 Å². The van der Waals surface area contributed by atoms with Crippen LogP contribution in [0.4, 0.5) is 11.6 Å². The van der Waals surface area contributed by atoms with E-state index in [-0.39, 0.29) is 0 Å². The van der Waals surface area contributed by atoms with Gasteiger partial charge in [0.2, 0.25) is 0 Å². The van der Waals surface area contributed by atoms with Crippen molar-refractivity contribution >= 4 is 23.4 Å². The molecule has 0 aliphatic rings. The van der Waals surface area contributed by atoms with Gasteiger partial charge in [-0.1, -0.05) is 20.8 Å². The van der Waals surface area contributed by atoms with Crippen LogP contribution in [0, 0.1) is 5.92 Å². The Kier molecular flexibility index (Phi) is 8.42. The summed E-state index contributed by atoms with van der Waals surface area (Å²) in [5.41, 5.74) is 0. The van der Waals surface area contributed by atoms with Gasteiger partial charge < -0.3 is 10.6 Å². The number of aromatic nitrogens is 2. The molecule has 114 valence electrons. The molecule has 1 heterocycles. The fraction of sp³-hybridized carbons (Fsp3) is 0.733. The molecule has 4 nitrogen and oxygen atoms in total. The fourth-order valence-corrected chi connectivity index (χ4v) is 2.58. The van der Waals surface area contributed by atoms with Crippen molar-refractivity contribution in [1.82, 2.24) is 9.97 Å². The quantitative estimate of drug-likeness (QED) is 0.690. The van der Waals surface area contributed by atoms with Gasteiger partial charge in [0.15, 0.2) is 0 Å². The lowest BCUT2D eigenvalue weighted by Crippen LogP contribution is -2.15. The molecule has 0 fully saturated rings. The monoisotopic (exact) mass is 296 g/mol. The zero-order valence-electron chi connectivity index (χ0n) is 13.2. The van der Waals surface area contributed by atoms with Crippen molar-refractivity contribution in [3.05, 3.63) is 11.9 Å². The van der Waals surface area contributed by atoms with E-state index in [1.54, 1.807) is 0 Å². The topological polar surface area (TPSA) is 49.8 Å². The second-order valence-electron chi connectivity index (χ2n) is 5.17. The van der Waals surface area contributed by atoms with Gasteiger partial charge in [-0.25, -0.2) is 9.97 Å². The van der Waals surface area contributed by atoms with Crippen molar-refractivity contribution in [3.8, 4) is 0 Å². The van der Waals surface area contributed by atoms with Crippen LogP contribution in [0.15, 0.2) is 6.07 Å². The summed E-state index contributed by atoms with van der Waals surface area (Å²) in [5, 5.41) is 6.79. The van der Waals surface area contributed by atoms with Crippen LogP contribution < -0.4 is 10.6 Å². The van der Waals surface area contributed by atoms with E-state index in [1.807, 2.05) is 17.8 Å². The van der Waals surface area contributed by atoms with E-state index in [2.05, 4.69) is 47.6 Å². The van der Waals surface area contributed by atoms with E-state index >= 15 is 0 Å². The zero-order chi connectivity index (χ0) is 14.8. The highest BCUT2D eigenvalue weighted by Crippen LogP contribution is 2.14. The molecule has 0 bridgehead atoms. The lowest BCUT2D eigenvalue weighted by Gasteiger charge is -2.14. The molecule has 2 N–H and O–H groups in total. The van der Waals surface area contributed by atoms with Crippen molar-refractivity contribution < 1.29 is 0 Å². The fourth-order valence-electron chi connectivity index (χ4n) is 1.89. The number of thioether (sulfide) groups is 1. The third kappa shape index (κ3) is 6.46. The number of aryl methyl sites for hydroxylation is 1. The Morgan fingerprint density at radius 3 is 2.45 bits per heavy atom. The van der Waals surface area contributed by atoms with Crippen LogP contribution in [0.5, 0.6) is 0 Å². The predicted molar refractivity (Wildman–Crippen MR) is 90.8 cm³/mol. The Bertz CT molecular complexity index is 384. The summed E-state index contributed by atoms with van der Waals surface area (Å²) in [7, 11) is 0. The summed E-state index contributed by atoms with van der Waals surface area (Å²) in [6, 6.07) is 2.01. The van der Waals surface area contributed by atoms with E-state index in [0.29, 0.717) is 5.92 Å². The standard InChI is InChI=1S/C15H28N4S/c1-5-7-13-18-14(16-8-6-2)9-15(19-13)17-10-12(3)11-20-4/h9,12H,5-8,10-11H2,1-4H3,(H2,16,17,18,19). The minimum Gasteiger partial charge on any atom is -0.370 e. The Morgan fingerprint density at radius 1 is 1.15 bits per heavy atom. The second kappa shape index (κ2) is 9.86. The molecule has 1 rings (SSSR count). The molecular formula is C15H28N4S. The summed E-state index contributed by atoms with van der Waals surface area (Å²) >= 11 is 1.89. The summed E-state index contributed by atoms with van der Waals surface area (Å²) in [6.07, 6.45) is 5.24. The molecule has 0 aromatic carbocycles. The number of anilines is 2. The number of hydrogen-bond donors (Lipinski definition) is 2. The lowest BCUT2D eigenvalue weighted by atomic mass is 10.2. The Morgan fingerprint density at radius 2 is 1.85 bits per heavy atom. The molecule has 1 aromatic rings. The number of nitrogens with zero attached hydrogens (tertiary/aromatic N) is 2. The van der Waals surface area contributed by atoms with Gasteiger partial charge in [-0.2, -0.15) is 11.8 Å². The molecule has 0 aliphatic carbocycles. The van der Waals surface area contributed by atoms with Crippen LogP contribution in [0.2, 0.25) is 0 Å². The maximum absolute atomic E-state index is 4.59. The number of nitrogens with one attached hydrogen (secondary N) is 2. The molecular weight excluding hydrogens is 268 g/mol. The zero-order valence-corrected chi connectivity index (χ0v) is 14.0. The van der Waals surface area contributed by atoms with Crippen LogP contribution in [0.1, 0.15) is 39.4 Å². The van der Waals surface area contributed by atoms with Gasteiger partial charge in [-0.15, -0.1) is 0 Å². The molecule has 20 heavy (non-hydrogen) atoms. The summed E-state index contributed by atoms with van der Waals surface area (Å²) in [4.78, 5) is 9.15. The van der Waals surface area contributed by atoms with Gasteiger partial charge in [-0.3, -0.25) is 0 Å². The molecule has 1 unspecified atom stereocenters. The van der Waals surface area contributed by atoms with E-state index in [1.165, 1.54) is 5.75 Å². The Balaban J connectivity index is 2.69. The highest BCUT2D eigenvalue weighted by molar-refractivity contribution is 7.98. The van der Waals surface area contributed by atoms with E-state index in [4.69, 9.17) is 0 Å². The summed E-state index contributed by atoms with van der Waals surface area (Å²) < 4.78 is 0. The average Bonchev–Trinajstić information content (AvgIpc) is 2.43. The Labute approximate surface area is 127 Å². The first-order chi connectivity index (χ1) is 9.69. The molecule has 0 saturated heterocycles. The van der Waals surface area contributed by atoms with Gasteiger partial charge in [0.05, 0.1) is 0 Å². The van der Waals surface area contributed by atoms with Gasteiger partial charge in [0.1, 0.15) is 17.5 Å². The summed E-state index contributed by atoms with van der Waals surface area (Å²) in [6.45, 7) is 8.48. The number of hydrogen-bond acceptors (Lipinski definition) is 5. The van der Waals surface area contributed by atoms with Crippen LogP contribution >= 0.6 is 11.8 Å². The van der Waals surface area contributed by atoms with Crippen LogP contribution in [-0.2, 0) is 6.42 Å². The molecule has 1 atom stereocenters. The van der Waals surface area contributed by atoms with Gasteiger partial charge in [0.25, 0.3) is 0 Å². The van der Waals surface area contributed by atoms with Crippen LogP contribution in [0.25, 0.3) is 0 Å². The van der Waals surface area contributed by atoms with E-state index in [9.17, 15) is 0 Å². The minimum absolute atomic E-state index is 0.640. The minimum atomic E-state index is 0.640. The van der Waals surface area contributed by atoms with E-state index < -0.39 is 0 Å².